The van der Waals surface area contributed by atoms with Crippen molar-refractivity contribution in [1.82, 2.24) is 15.0 Å². The zero-order valence-corrected chi connectivity index (χ0v) is 14.6. The number of rotatable bonds is 5. The summed E-state index contributed by atoms with van der Waals surface area (Å²) >= 11 is 0. The highest BCUT2D eigenvalue weighted by atomic mass is 16.5. The molecule has 0 saturated carbocycles. The van der Waals surface area contributed by atoms with E-state index in [0.29, 0.717) is 37.6 Å². The third-order valence-corrected chi connectivity index (χ3v) is 5.11. The van der Waals surface area contributed by atoms with Gasteiger partial charge in [0.2, 0.25) is 11.8 Å². The predicted octanol–water partition coefficient (Wildman–Crippen LogP) is 2.40. The second kappa shape index (κ2) is 7.80. The lowest BCUT2D eigenvalue weighted by atomic mass is 9.81. The van der Waals surface area contributed by atoms with Gasteiger partial charge < -0.3 is 14.5 Å². The molecule has 7 nitrogen and oxygen atoms in total. The normalized spacial score (nSPS) is 26.6. The van der Waals surface area contributed by atoms with Gasteiger partial charge in [-0.3, -0.25) is 9.59 Å². The molecule has 3 atom stereocenters. The first-order valence-electron chi connectivity index (χ1n) is 9.09. The number of hydrogen-bond donors (Lipinski definition) is 1. The molecule has 2 heterocycles. The van der Waals surface area contributed by atoms with Crippen LogP contribution in [0.4, 0.5) is 0 Å². The Balaban J connectivity index is 1.68. The molecule has 0 spiro atoms. The van der Waals surface area contributed by atoms with Crippen LogP contribution >= 0.6 is 0 Å². The van der Waals surface area contributed by atoms with Crippen molar-refractivity contribution in [2.75, 3.05) is 13.1 Å². The molecule has 3 rings (SSSR count). The minimum Gasteiger partial charge on any atom is -0.481 e. The molecule has 0 aromatic carbocycles. The van der Waals surface area contributed by atoms with Gasteiger partial charge in [-0.2, -0.15) is 4.98 Å². The number of carboxylic acid groups (broad SMARTS) is 1. The number of allylic oxidation sites excluding steroid dienone is 2. The average Bonchev–Trinajstić information content (AvgIpc) is 3.10. The number of likely N-dealkylation sites (tertiary alicyclic amines) is 1. The van der Waals surface area contributed by atoms with Gasteiger partial charge in [0.25, 0.3) is 0 Å². The van der Waals surface area contributed by atoms with E-state index in [1.54, 1.807) is 4.90 Å². The zero-order chi connectivity index (χ0) is 17.8. The number of aliphatic carboxylic acids is 1. The quantitative estimate of drug-likeness (QED) is 0.822. The molecule has 1 aromatic heterocycles. The minimum atomic E-state index is -0.891. The van der Waals surface area contributed by atoms with Crippen LogP contribution < -0.4 is 0 Å². The van der Waals surface area contributed by atoms with Crippen LogP contribution in [-0.2, 0) is 16.0 Å². The molecule has 1 saturated heterocycles. The van der Waals surface area contributed by atoms with Crippen LogP contribution in [-0.4, -0.2) is 45.1 Å². The molecule has 136 valence electrons. The van der Waals surface area contributed by atoms with E-state index in [0.717, 1.165) is 25.7 Å². The number of piperidine rings is 1. The Bertz CT molecular complexity index is 655. The zero-order valence-electron chi connectivity index (χ0n) is 14.6. The summed E-state index contributed by atoms with van der Waals surface area (Å²) in [5.74, 6) is -0.703. The van der Waals surface area contributed by atoms with Crippen LogP contribution in [0.15, 0.2) is 16.7 Å². The van der Waals surface area contributed by atoms with Crippen LogP contribution in [0.5, 0.6) is 0 Å². The lowest BCUT2D eigenvalue weighted by molar-refractivity contribution is -0.151. The lowest BCUT2D eigenvalue weighted by Gasteiger charge is -2.35. The molecule has 1 aliphatic carbocycles. The Morgan fingerprint density at radius 2 is 2.08 bits per heavy atom. The molecule has 1 N–H and O–H groups in total. The molecule has 0 bridgehead atoms. The number of carboxylic acids is 1. The van der Waals surface area contributed by atoms with E-state index < -0.39 is 17.8 Å². The third-order valence-electron chi connectivity index (χ3n) is 5.11. The molecule has 2 aliphatic rings. The van der Waals surface area contributed by atoms with Crippen molar-refractivity contribution in [3.8, 4) is 0 Å². The van der Waals surface area contributed by atoms with Crippen molar-refractivity contribution < 1.29 is 19.2 Å². The van der Waals surface area contributed by atoms with Crippen LogP contribution in [0.25, 0.3) is 0 Å². The fraction of sp³-hybridized carbons (Fsp3) is 0.667. The summed E-state index contributed by atoms with van der Waals surface area (Å²) in [4.78, 5) is 30.6. The van der Waals surface area contributed by atoms with Crippen molar-refractivity contribution in [3.05, 3.63) is 23.9 Å². The van der Waals surface area contributed by atoms with Crippen molar-refractivity contribution in [2.24, 2.45) is 11.8 Å². The summed E-state index contributed by atoms with van der Waals surface area (Å²) in [6, 6.07) is 0. The first kappa shape index (κ1) is 17.6. The smallest absolute Gasteiger partial charge is 0.307 e. The predicted molar refractivity (Wildman–Crippen MR) is 89.8 cm³/mol. The van der Waals surface area contributed by atoms with Crippen LogP contribution in [0.1, 0.15) is 56.7 Å². The maximum Gasteiger partial charge on any atom is 0.307 e. The molecule has 0 radical (unpaired) electrons. The van der Waals surface area contributed by atoms with E-state index >= 15 is 0 Å². The number of nitrogens with zero attached hydrogens (tertiary/aromatic N) is 3. The van der Waals surface area contributed by atoms with E-state index in [9.17, 15) is 14.7 Å². The molecule has 25 heavy (non-hydrogen) atoms. The fourth-order valence-electron chi connectivity index (χ4n) is 3.73. The van der Waals surface area contributed by atoms with Gasteiger partial charge >= 0.3 is 5.97 Å². The molecule has 7 heteroatoms. The van der Waals surface area contributed by atoms with Gasteiger partial charge in [-0.25, -0.2) is 0 Å². The summed E-state index contributed by atoms with van der Waals surface area (Å²) in [5.41, 5.74) is 0. The summed E-state index contributed by atoms with van der Waals surface area (Å²) in [7, 11) is 0. The molecule has 1 aliphatic heterocycles. The monoisotopic (exact) mass is 347 g/mol. The second-order valence-electron chi connectivity index (χ2n) is 6.92. The molecule has 0 unspecified atom stereocenters. The van der Waals surface area contributed by atoms with Crippen molar-refractivity contribution in [1.29, 1.82) is 0 Å². The summed E-state index contributed by atoms with van der Waals surface area (Å²) in [6.45, 7) is 3.26. The van der Waals surface area contributed by atoms with Crippen LogP contribution in [0.3, 0.4) is 0 Å². The highest BCUT2D eigenvalue weighted by molar-refractivity contribution is 5.85. The van der Waals surface area contributed by atoms with Crippen molar-refractivity contribution >= 4 is 11.9 Å². The maximum atomic E-state index is 12.9. The average molecular weight is 347 g/mol. The summed E-state index contributed by atoms with van der Waals surface area (Å²) in [6.07, 6.45) is 8.21. The number of amides is 1. The highest BCUT2D eigenvalue weighted by Gasteiger charge is 2.38. The van der Waals surface area contributed by atoms with Gasteiger partial charge in [-0.15, -0.1) is 0 Å². The minimum absolute atomic E-state index is 0.0400. The fourth-order valence-corrected chi connectivity index (χ4v) is 3.73. The van der Waals surface area contributed by atoms with E-state index in [1.807, 2.05) is 12.2 Å². The molecule has 1 aromatic rings. The van der Waals surface area contributed by atoms with E-state index in [4.69, 9.17) is 4.52 Å². The number of aryl methyl sites for hydroxylation is 1. The van der Waals surface area contributed by atoms with Crippen LogP contribution in [0.2, 0.25) is 0 Å². The summed E-state index contributed by atoms with van der Waals surface area (Å²) < 4.78 is 5.39. The Labute approximate surface area is 147 Å². The first-order chi connectivity index (χ1) is 12.1. The van der Waals surface area contributed by atoms with Crippen molar-refractivity contribution in [3.63, 3.8) is 0 Å². The van der Waals surface area contributed by atoms with E-state index in [2.05, 4.69) is 17.1 Å². The lowest BCUT2D eigenvalue weighted by Crippen LogP contribution is -2.45. The van der Waals surface area contributed by atoms with Gasteiger partial charge in [-0.1, -0.05) is 24.2 Å². The van der Waals surface area contributed by atoms with Gasteiger partial charge in [0.1, 0.15) is 0 Å². The molecular weight excluding hydrogens is 322 g/mol. The topological polar surface area (TPSA) is 96.5 Å². The third kappa shape index (κ3) is 3.91. The van der Waals surface area contributed by atoms with E-state index in [-0.39, 0.29) is 11.8 Å². The van der Waals surface area contributed by atoms with Gasteiger partial charge in [0.05, 0.1) is 17.8 Å². The first-order valence-corrected chi connectivity index (χ1v) is 9.09. The van der Waals surface area contributed by atoms with E-state index in [1.165, 1.54) is 0 Å². The Morgan fingerprint density at radius 1 is 1.32 bits per heavy atom. The Kier molecular flexibility index (Phi) is 5.50. The molecule has 1 amide bonds. The number of aromatic nitrogens is 2. The second-order valence-corrected chi connectivity index (χ2v) is 6.92. The number of carbonyl (C=O) groups is 2. The SMILES string of the molecule is CCCc1noc([C@@H]2CCCN(C(=O)[C@@H]3CC=CC[C@H]3C(=O)O)C2)n1. The largest absolute Gasteiger partial charge is 0.481 e. The highest BCUT2D eigenvalue weighted by Crippen LogP contribution is 2.31. The number of carbonyl (C=O) groups excluding carboxylic acids is 1. The standard InChI is InChI=1S/C18H25N3O4/c1-2-6-15-19-16(25-20-15)12-7-5-10-21(11-12)17(22)13-8-3-4-9-14(13)18(23)24/h3-4,12-14H,2,5-11H2,1H3,(H,23,24)/t12-,13-,14-/m1/s1. The van der Waals surface area contributed by atoms with Crippen LogP contribution in [0, 0.1) is 11.8 Å². The van der Waals surface area contributed by atoms with Crippen molar-refractivity contribution in [2.45, 2.75) is 51.4 Å². The Morgan fingerprint density at radius 3 is 2.80 bits per heavy atom. The molecular formula is C18H25N3O4. The Hall–Kier alpha value is -2.18. The maximum absolute atomic E-state index is 12.9. The van der Waals surface area contributed by atoms with Gasteiger partial charge in [0.15, 0.2) is 5.82 Å². The van der Waals surface area contributed by atoms with Gasteiger partial charge in [0, 0.05) is 19.5 Å². The molecule has 1 fully saturated rings. The summed E-state index contributed by atoms with van der Waals surface area (Å²) in [5, 5.41) is 13.4. The van der Waals surface area contributed by atoms with Gasteiger partial charge in [-0.05, 0) is 32.1 Å². The number of hydrogen-bond acceptors (Lipinski definition) is 5.